The third-order valence-electron chi connectivity index (χ3n) is 3.03. The van der Waals surface area contributed by atoms with Crippen LogP contribution in [0.4, 0.5) is 0 Å². The van der Waals surface area contributed by atoms with E-state index in [9.17, 15) is 0 Å². The summed E-state index contributed by atoms with van der Waals surface area (Å²) in [5, 5.41) is 0.494. The highest BCUT2D eigenvalue weighted by Crippen LogP contribution is 2.23. The molecule has 2 rings (SSSR count). The first-order valence-corrected chi connectivity index (χ1v) is 6.93. The summed E-state index contributed by atoms with van der Waals surface area (Å²) in [4.78, 5) is 8.92. The van der Waals surface area contributed by atoms with Crippen molar-refractivity contribution in [2.24, 2.45) is 0 Å². The van der Waals surface area contributed by atoms with Crippen LogP contribution in [-0.2, 0) is 11.8 Å². The van der Waals surface area contributed by atoms with E-state index in [1.807, 2.05) is 30.3 Å². The molecule has 3 nitrogen and oxygen atoms in total. The quantitative estimate of drug-likeness (QED) is 0.801. The van der Waals surface area contributed by atoms with Gasteiger partial charge < -0.3 is 4.74 Å². The number of nitrogens with zero attached hydrogens (tertiary/aromatic N) is 2. The van der Waals surface area contributed by atoms with Crippen LogP contribution in [0, 0.1) is 0 Å². The number of benzene rings is 1. The maximum Gasteiger partial charge on any atom is 0.134 e. The average Bonchev–Trinajstić information content (AvgIpc) is 2.38. The Morgan fingerprint density at radius 2 is 1.75 bits per heavy atom. The molecule has 106 valence electrons. The summed E-state index contributed by atoms with van der Waals surface area (Å²) < 4.78 is 5.15. The summed E-state index contributed by atoms with van der Waals surface area (Å²) in [5.74, 6) is 1.59. The van der Waals surface area contributed by atoms with Crippen LogP contribution in [0.2, 0.25) is 5.15 Å². The van der Waals surface area contributed by atoms with Crippen LogP contribution in [0.5, 0.6) is 5.75 Å². The second-order valence-corrected chi connectivity index (χ2v) is 6.15. The summed E-state index contributed by atoms with van der Waals surface area (Å²) in [7, 11) is 1.66. The first-order chi connectivity index (χ1) is 9.38. The minimum absolute atomic E-state index is 0.0404. The third kappa shape index (κ3) is 3.70. The largest absolute Gasteiger partial charge is 0.497 e. The molecule has 0 aliphatic carbocycles. The molecule has 0 radical (unpaired) electrons. The van der Waals surface area contributed by atoms with Crippen molar-refractivity contribution in [3.05, 3.63) is 52.6 Å². The Balaban J connectivity index is 2.26. The molecule has 1 aromatic carbocycles. The molecular formula is C16H19ClN2O. The van der Waals surface area contributed by atoms with E-state index in [0.717, 1.165) is 22.8 Å². The lowest BCUT2D eigenvalue weighted by Crippen LogP contribution is -2.15. The Morgan fingerprint density at radius 1 is 1.10 bits per heavy atom. The molecule has 0 saturated carbocycles. The van der Waals surface area contributed by atoms with Gasteiger partial charge in [0.1, 0.15) is 16.7 Å². The Morgan fingerprint density at radius 3 is 2.30 bits per heavy atom. The van der Waals surface area contributed by atoms with Gasteiger partial charge in [0.05, 0.1) is 12.8 Å². The lowest BCUT2D eigenvalue weighted by Gasteiger charge is -2.18. The van der Waals surface area contributed by atoms with Gasteiger partial charge in [0, 0.05) is 11.8 Å². The molecule has 4 heteroatoms. The van der Waals surface area contributed by atoms with Crippen molar-refractivity contribution >= 4 is 11.6 Å². The van der Waals surface area contributed by atoms with Gasteiger partial charge in [-0.2, -0.15) is 0 Å². The highest BCUT2D eigenvalue weighted by atomic mass is 35.5. The molecule has 0 bridgehead atoms. The van der Waals surface area contributed by atoms with E-state index in [0.29, 0.717) is 11.6 Å². The van der Waals surface area contributed by atoms with Crippen LogP contribution < -0.4 is 4.74 Å². The van der Waals surface area contributed by atoms with Crippen molar-refractivity contribution < 1.29 is 4.74 Å². The van der Waals surface area contributed by atoms with Gasteiger partial charge in [0.15, 0.2) is 0 Å². The molecule has 0 unspecified atom stereocenters. The van der Waals surface area contributed by atoms with Crippen molar-refractivity contribution in [3.63, 3.8) is 0 Å². The van der Waals surface area contributed by atoms with Gasteiger partial charge in [-0.25, -0.2) is 9.97 Å². The van der Waals surface area contributed by atoms with Crippen molar-refractivity contribution in [1.29, 1.82) is 0 Å². The van der Waals surface area contributed by atoms with Crippen molar-refractivity contribution in [2.75, 3.05) is 7.11 Å². The maximum absolute atomic E-state index is 6.10. The Bertz CT molecular complexity index is 588. The third-order valence-corrected chi connectivity index (χ3v) is 3.22. The predicted octanol–water partition coefficient (Wildman–Crippen LogP) is 4.03. The molecule has 1 heterocycles. The van der Waals surface area contributed by atoms with E-state index in [1.54, 1.807) is 7.11 Å². The Labute approximate surface area is 125 Å². The molecule has 2 aromatic rings. The summed E-state index contributed by atoms with van der Waals surface area (Å²) in [5.41, 5.74) is 2.05. The fraction of sp³-hybridized carbons (Fsp3) is 0.375. The molecule has 0 aliphatic heterocycles. The van der Waals surface area contributed by atoms with E-state index in [2.05, 4.69) is 30.7 Å². The van der Waals surface area contributed by atoms with E-state index >= 15 is 0 Å². The molecule has 0 atom stereocenters. The lowest BCUT2D eigenvalue weighted by atomic mass is 9.92. The molecule has 0 spiro atoms. The van der Waals surface area contributed by atoms with Gasteiger partial charge >= 0.3 is 0 Å². The summed E-state index contributed by atoms with van der Waals surface area (Å²) in [6.07, 6.45) is 0.660. The van der Waals surface area contributed by atoms with Gasteiger partial charge in [0.2, 0.25) is 0 Å². The summed E-state index contributed by atoms with van der Waals surface area (Å²) in [6, 6.07) is 9.73. The Kier molecular flexibility index (Phi) is 4.29. The molecule has 0 fully saturated rings. The van der Waals surface area contributed by atoms with Gasteiger partial charge in [0.25, 0.3) is 0 Å². The first kappa shape index (κ1) is 14.8. The van der Waals surface area contributed by atoms with Crippen LogP contribution in [0.25, 0.3) is 0 Å². The minimum atomic E-state index is -0.0404. The van der Waals surface area contributed by atoms with Gasteiger partial charge in [-0.15, -0.1) is 0 Å². The van der Waals surface area contributed by atoms with Gasteiger partial charge in [-0.1, -0.05) is 44.5 Å². The molecule has 20 heavy (non-hydrogen) atoms. The number of halogens is 1. The van der Waals surface area contributed by atoms with Crippen molar-refractivity contribution in [2.45, 2.75) is 32.6 Å². The molecule has 0 N–H and O–H groups in total. The van der Waals surface area contributed by atoms with Gasteiger partial charge in [-0.05, 0) is 23.8 Å². The fourth-order valence-electron chi connectivity index (χ4n) is 1.85. The van der Waals surface area contributed by atoms with Crippen LogP contribution in [0.15, 0.2) is 30.3 Å². The summed E-state index contributed by atoms with van der Waals surface area (Å²) >= 11 is 6.10. The van der Waals surface area contributed by atoms with E-state index in [4.69, 9.17) is 16.3 Å². The van der Waals surface area contributed by atoms with Crippen LogP contribution in [0.3, 0.4) is 0 Å². The number of methoxy groups -OCH3 is 1. The second kappa shape index (κ2) is 5.80. The van der Waals surface area contributed by atoms with Crippen LogP contribution >= 0.6 is 11.6 Å². The molecule has 1 aromatic heterocycles. The monoisotopic (exact) mass is 290 g/mol. The van der Waals surface area contributed by atoms with Crippen LogP contribution in [0.1, 0.15) is 37.9 Å². The molecule has 0 amide bonds. The van der Waals surface area contributed by atoms with E-state index < -0.39 is 0 Å². The number of rotatable bonds is 3. The van der Waals surface area contributed by atoms with Crippen molar-refractivity contribution in [1.82, 2.24) is 9.97 Å². The highest BCUT2D eigenvalue weighted by Gasteiger charge is 2.17. The Hall–Kier alpha value is -1.61. The van der Waals surface area contributed by atoms with Gasteiger partial charge in [-0.3, -0.25) is 0 Å². The smallest absolute Gasteiger partial charge is 0.134 e. The number of hydrogen-bond donors (Lipinski definition) is 0. The zero-order valence-corrected chi connectivity index (χ0v) is 13.0. The van der Waals surface area contributed by atoms with E-state index in [1.165, 1.54) is 0 Å². The highest BCUT2D eigenvalue weighted by molar-refractivity contribution is 6.29. The first-order valence-electron chi connectivity index (χ1n) is 6.55. The second-order valence-electron chi connectivity index (χ2n) is 5.77. The summed E-state index contributed by atoms with van der Waals surface area (Å²) in [6.45, 7) is 6.34. The predicted molar refractivity (Wildman–Crippen MR) is 81.5 cm³/mol. The van der Waals surface area contributed by atoms with E-state index in [-0.39, 0.29) is 5.41 Å². The average molecular weight is 291 g/mol. The fourth-order valence-corrected chi connectivity index (χ4v) is 2.05. The SMILES string of the molecule is COc1ccc(Cc2nc(Cl)cc(C(C)(C)C)n2)cc1. The molecule has 0 saturated heterocycles. The molecular weight excluding hydrogens is 272 g/mol. The van der Waals surface area contributed by atoms with Crippen molar-refractivity contribution in [3.8, 4) is 5.75 Å². The molecule has 0 aliphatic rings. The maximum atomic E-state index is 6.10. The van der Waals surface area contributed by atoms with Crippen LogP contribution in [-0.4, -0.2) is 17.1 Å². The standard InChI is InChI=1S/C16H19ClN2O/c1-16(2,3)13-10-14(17)19-15(18-13)9-11-5-7-12(20-4)8-6-11/h5-8,10H,9H2,1-4H3. The number of ether oxygens (including phenoxy) is 1. The zero-order valence-electron chi connectivity index (χ0n) is 12.3. The normalized spacial score (nSPS) is 11.4. The zero-order chi connectivity index (χ0) is 14.8. The lowest BCUT2D eigenvalue weighted by molar-refractivity contribution is 0.414. The minimum Gasteiger partial charge on any atom is -0.497 e. The number of aromatic nitrogens is 2. The number of hydrogen-bond acceptors (Lipinski definition) is 3. The topological polar surface area (TPSA) is 35.0 Å².